The maximum atomic E-state index is 12.0. The first-order valence-corrected chi connectivity index (χ1v) is 7.26. The monoisotopic (exact) mass is 364 g/mol. The first kappa shape index (κ1) is 21.7. The Morgan fingerprint density at radius 3 is 2.43 bits per heavy atom. The quantitative estimate of drug-likeness (QED) is 0.849. The topological polar surface area (TPSA) is 78.6 Å². The molecule has 1 fully saturated rings. The third kappa shape index (κ3) is 6.01. The Labute approximate surface area is 150 Å². The second-order valence-corrected chi connectivity index (χ2v) is 5.66. The van der Waals surface area contributed by atoms with Crippen LogP contribution < -0.4 is 15.5 Å². The van der Waals surface area contributed by atoms with Gasteiger partial charge in [0.2, 0.25) is 11.9 Å². The van der Waals surface area contributed by atoms with Crippen LogP contribution in [0.5, 0.6) is 0 Å². The third-order valence-electron chi connectivity index (χ3n) is 3.48. The van der Waals surface area contributed by atoms with Gasteiger partial charge in [-0.15, -0.1) is 24.8 Å². The molecule has 1 aromatic rings. The number of nitrogens with zero attached hydrogens (tertiary/aromatic N) is 5. The predicted molar refractivity (Wildman–Crippen MR) is 97.9 cm³/mol. The summed E-state index contributed by atoms with van der Waals surface area (Å²) in [4.78, 5) is 26.7. The highest BCUT2D eigenvalue weighted by Crippen LogP contribution is 2.16. The number of hydrogen-bond donors (Lipinski definition) is 1. The van der Waals surface area contributed by atoms with Gasteiger partial charge in [0.15, 0.2) is 0 Å². The van der Waals surface area contributed by atoms with E-state index >= 15 is 0 Å². The molecule has 1 saturated heterocycles. The van der Waals surface area contributed by atoms with Crippen LogP contribution >= 0.6 is 24.8 Å². The van der Waals surface area contributed by atoms with Crippen molar-refractivity contribution in [2.45, 2.75) is 19.4 Å². The van der Waals surface area contributed by atoms with E-state index < -0.39 is 0 Å². The molecular formula is C14H26Cl2N6O. The summed E-state index contributed by atoms with van der Waals surface area (Å²) < 4.78 is 0. The molecule has 2 rings (SSSR count). The Balaban J connectivity index is 0.00000242. The van der Waals surface area contributed by atoms with Crippen LogP contribution in [0, 0.1) is 0 Å². The Bertz CT molecular complexity index is 492. The van der Waals surface area contributed by atoms with Gasteiger partial charge in [-0.1, -0.05) is 0 Å². The van der Waals surface area contributed by atoms with Crippen molar-refractivity contribution in [2.75, 3.05) is 50.1 Å². The van der Waals surface area contributed by atoms with Gasteiger partial charge >= 0.3 is 0 Å². The first-order valence-electron chi connectivity index (χ1n) is 7.26. The number of halogens is 2. The minimum atomic E-state index is -0.0833. The van der Waals surface area contributed by atoms with Gasteiger partial charge in [-0.3, -0.25) is 4.79 Å². The fourth-order valence-electron chi connectivity index (χ4n) is 2.32. The number of amides is 1. The van der Waals surface area contributed by atoms with Crippen molar-refractivity contribution in [1.82, 2.24) is 14.9 Å². The molecule has 7 nitrogen and oxygen atoms in total. The Hall–Kier alpha value is -1.31. The molecule has 2 heterocycles. The van der Waals surface area contributed by atoms with Crippen LogP contribution in [0.15, 0.2) is 12.3 Å². The molecule has 0 aliphatic carbocycles. The van der Waals surface area contributed by atoms with Crippen LogP contribution in [0.4, 0.5) is 11.8 Å². The molecule has 1 unspecified atom stereocenters. The van der Waals surface area contributed by atoms with Crippen LogP contribution in [-0.4, -0.2) is 67.1 Å². The molecule has 0 saturated carbocycles. The van der Waals surface area contributed by atoms with Gasteiger partial charge in [0.05, 0.1) is 0 Å². The normalized spacial score (nSPS) is 15.3. The molecule has 0 aromatic carbocycles. The minimum absolute atomic E-state index is 0. The largest absolute Gasteiger partial charge is 0.353 e. The van der Waals surface area contributed by atoms with E-state index in [1.807, 2.05) is 36.9 Å². The maximum absolute atomic E-state index is 12.0. The van der Waals surface area contributed by atoms with E-state index in [9.17, 15) is 4.79 Å². The predicted octanol–water partition coefficient (Wildman–Crippen LogP) is 0.772. The van der Waals surface area contributed by atoms with Crippen LogP contribution in [0.2, 0.25) is 0 Å². The number of anilines is 2. The zero-order valence-corrected chi connectivity index (χ0v) is 15.4. The van der Waals surface area contributed by atoms with Crippen LogP contribution in [0.1, 0.15) is 13.3 Å². The van der Waals surface area contributed by atoms with E-state index in [2.05, 4.69) is 14.9 Å². The number of carbonyl (C=O) groups excluding carboxylic acids is 1. The lowest BCUT2D eigenvalue weighted by molar-refractivity contribution is -0.131. The van der Waals surface area contributed by atoms with Gasteiger partial charge in [0.1, 0.15) is 5.82 Å². The molecule has 1 atom stereocenters. The highest BCUT2D eigenvalue weighted by Gasteiger charge is 2.22. The summed E-state index contributed by atoms with van der Waals surface area (Å²) >= 11 is 0. The number of aromatic nitrogens is 2. The lowest BCUT2D eigenvalue weighted by atomic mass is 10.2. The molecule has 0 radical (unpaired) electrons. The van der Waals surface area contributed by atoms with Crippen molar-refractivity contribution in [3.8, 4) is 0 Å². The van der Waals surface area contributed by atoms with E-state index in [4.69, 9.17) is 5.73 Å². The van der Waals surface area contributed by atoms with Crippen LogP contribution in [0.25, 0.3) is 0 Å². The van der Waals surface area contributed by atoms with E-state index in [0.717, 1.165) is 18.9 Å². The average molecular weight is 365 g/mol. The summed E-state index contributed by atoms with van der Waals surface area (Å²) in [6.45, 7) is 4.86. The van der Waals surface area contributed by atoms with E-state index in [1.54, 1.807) is 6.20 Å². The van der Waals surface area contributed by atoms with Crippen molar-refractivity contribution in [1.29, 1.82) is 0 Å². The van der Waals surface area contributed by atoms with Gasteiger partial charge in [0, 0.05) is 58.9 Å². The smallest absolute Gasteiger partial charge is 0.226 e. The standard InChI is InChI=1S/C14H24N6O.2ClH/c1-11(15)10-13(21)20-8-6-19(7-9-20)12-4-5-16-14(17-12)18(2)3;;/h4-5,11H,6-10,15H2,1-3H3;2*1H. The summed E-state index contributed by atoms with van der Waals surface area (Å²) in [5.41, 5.74) is 5.68. The van der Waals surface area contributed by atoms with Gasteiger partial charge in [-0.05, 0) is 13.0 Å². The fourth-order valence-corrected chi connectivity index (χ4v) is 2.32. The second-order valence-electron chi connectivity index (χ2n) is 5.66. The van der Waals surface area contributed by atoms with E-state index in [0.29, 0.717) is 25.5 Å². The summed E-state index contributed by atoms with van der Waals surface area (Å²) in [5.74, 6) is 1.75. The number of carbonyl (C=O) groups is 1. The summed E-state index contributed by atoms with van der Waals surface area (Å²) in [6, 6.07) is 1.83. The molecule has 1 aliphatic heterocycles. The second kappa shape index (κ2) is 9.75. The van der Waals surface area contributed by atoms with Gasteiger partial charge in [0.25, 0.3) is 0 Å². The van der Waals surface area contributed by atoms with Gasteiger partial charge in [-0.2, -0.15) is 4.98 Å². The highest BCUT2D eigenvalue weighted by atomic mass is 35.5. The summed E-state index contributed by atoms with van der Waals surface area (Å²) in [6.07, 6.45) is 2.18. The average Bonchev–Trinajstić information content (AvgIpc) is 2.47. The van der Waals surface area contributed by atoms with Crippen molar-refractivity contribution >= 4 is 42.5 Å². The molecule has 0 bridgehead atoms. The molecule has 0 spiro atoms. The SMILES string of the molecule is CC(N)CC(=O)N1CCN(c2ccnc(N(C)C)n2)CC1.Cl.Cl. The maximum Gasteiger partial charge on any atom is 0.226 e. The molecule has 132 valence electrons. The number of piperazine rings is 1. The molecule has 1 aromatic heterocycles. The van der Waals surface area contributed by atoms with E-state index in [1.165, 1.54) is 0 Å². The number of hydrogen-bond acceptors (Lipinski definition) is 6. The van der Waals surface area contributed by atoms with Crippen molar-refractivity contribution in [3.63, 3.8) is 0 Å². The molecule has 1 aliphatic rings. The van der Waals surface area contributed by atoms with Crippen molar-refractivity contribution in [2.24, 2.45) is 5.73 Å². The Morgan fingerprint density at radius 2 is 1.91 bits per heavy atom. The summed E-state index contributed by atoms with van der Waals surface area (Å²) in [7, 11) is 3.84. The minimum Gasteiger partial charge on any atom is -0.353 e. The lowest BCUT2D eigenvalue weighted by Gasteiger charge is -2.35. The van der Waals surface area contributed by atoms with Crippen molar-refractivity contribution < 1.29 is 4.79 Å². The van der Waals surface area contributed by atoms with Crippen molar-refractivity contribution in [3.05, 3.63) is 12.3 Å². The molecule has 1 amide bonds. The van der Waals surface area contributed by atoms with E-state index in [-0.39, 0.29) is 36.8 Å². The Morgan fingerprint density at radius 1 is 1.30 bits per heavy atom. The summed E-state index contributed by atoms with van der Waals surface area (Å²) in [5, 5.41) is 0. The number of rotatable bonds is 4. The van der Waals surface area contributed by atoms with Gasteiger partial charge in [-0.25, -0.2) is 4.98 Å². The molecule has 23 heavy (non-hydrogen) atoms. The Kier molecular flexibility index (Phi) is 9.19. The van der Waals surface area contributed by atoms with Crippen LogP contribution in [-0.2, 0) is 4.79 Å². The van der Waals surface area contributed by atoms with Crippen LogP contribution in [0.3, 0.4) is 0 Å². The molecule has 9 heteroatoms. The third-order valence-corrected chi connectivity index (χ3v) is 3.48. The lowest BCUT2D eigenvalue weighted by Crippen LogP contribution is -2.49. The fraction of sp³-hybridized carbons (Fsp3) is 0.643. The first-order chi connectivity index (χ1) is 9.97. The number of nitrogens with two attached hydrogens (primary N) is 1. The zero-order valence-electron chi connectivity index (χ0n) is 13.8. The van der Waals surface area contributed by atoms with Gasteiger partial charge < -0.3 is 20.4 Å². The zero-order chi connectivity index (χ0) is 15.4. The highest BCUT2D eigenvalue weighted by molar-refractivity contribution is 5.85. The molecular weight excluding hydrogens is 339 g/mol. The molecule has 2 N–H and O–H groups in total.